The van der Waals surface area contributed by atoms with E-state index < -0.39 is 17.8 Å². The van der Waals surface area contributed by atoms with E-state index in [1.54, 1.807) is 12.1 Å². The summed E-state index contributed by atoms with van der Waals surface area (Å²) in [5, 5.41) is 0.522. The standard InChI is InChI=1S/C14H15NO5/c1-2-19-9-5-8-12(16)20-15-13(17)10-6-3-4-7-11(10)14(15)18/h3-4,6-7H,2,5,8-9H2,1H3. The Balaban J connectivity index is 1.93. The van der Waals surface area contributed by atoms with Gasteiger partial charge in [0.15, 0.2) is 0 Å². The Morgan fingerprint density at radius 1 is 1.15 bits per heavy atom. The molecular weight excluding hydrogens is 262 g/mol. The summed E-state index contributed by atoms with van der Waals surface area (Å²) < 4.78 is 5.09. The van der Waals surface area contributed by atoms with Crippen molar-refractivity contribution in [2.75, 3.05) is 13.2 Å². The fourth-order valence-electron chi connectivity index (χ4n) is 1.86. The third kappa shape index (κ3) is 2.85. The van der Waals surface area contributed by atoms with E-state index in [2.05, 4.69) is 0 Å². The molecule has 0 atom stereocenters. The quantitative estimate of drug-likeness (QED) is 0.582. The number of amides is 2. The first-order valence-electron chi connectivity index (χ1n) is 6.41. The highest BCUT2D eigenvalue weighted by Gasteiger charge is 2.38. The van der Waals surface area contributed by atoms with Crippen molar-refractivity contribution in [3.8, 4) is 0 Å². The van der Waals surface area contributed by atoms with Crippen LogP contribution in [0.25, 0.3) is 0 Å². The molecule has 0 saturated heterocycles. The molecule has 0 saturated carbocycles. The summed E-state index contributed by atoms with van der Waals surface area (Å²) >= 11 is 0. The van der Waals surface area contributed by atoms with Gasteiger partial charge in [-0.05, 0) is 25.5 Å². The molecular formula is C14H15NO5. The number of hydrogen-bond donors (Lipinski definition) is 0. The first kappa shape index (κ1) is 14.2. The van der Waals surface area contributed by atoms with Crippen molar-refractivity contribution >= 4 is 17.8 Å². The summed E-state index contributed by atoms with van der Waals surface area (Å²) in [6.07, 6.45) is 0.573. The van der Waals surface area contributed by atoms with Crippen LogP contribution in [0.2, 0.25) is 0 Å². The van der Waals surface area contributed by atoms with Crippen molar-refractivity contribution in [1.82, 2.24) is 5.06 Å². The van der Waals surface area contributed by atoms with E-state index in [1.807, 2.05) is 6.92 Å². The van der Waals surface area contributed by atoms with Crippen LogP contribution in [0.4, 0.5) is 0 Å². The van der Waals surface area contributed by atoms with Crippen molar-refractivity contribution < 1.29 is 24.0 Å². The maximum Gasteiger partial charge on any atom is 0.333 e. The van der Waals surface area contributed by atoms with Gasteiger partial charge in [-0.2, -0.15) is 0 Å². The van der Waals surface area contributed by atoms with Gasteiger partial charge < -0.3 is 9.57 Å². The molecule has 2 amide bonds. The Kier molecular flexibility index (Phi) is 4.47. The summed E-state index contributed by atoms with van der Waals surface area (Å²) in [5.41, 5.74) is 0.499. The average Bonchev–Trinajstić information content (AvgIpc) is 2.69. The van der Waals surface area contributed by atoms with Crippen molar-refractivity contribution in [3.05, 3.63) is 35.4 Å². The van der Waals surface area contributed by atoms with E-state index >= 15 is 0 Å². The zero-order chi connectivity index (χ0) is 14.5. The number of ether oxygens (including phenoxy) is 1. The minimum Gasteiger partial charge on any atom is -0.382 e. The van der Waals surface area contributed by atoms with Crippen molar-refractivity contribution in [2.24, 2.45) is 0 Å². The monoisotopic (exact) mass is 277 g/mol. The van der Waals surface area contributed by atoms with Crippen molar-refractivity contribution in [1.29, 1.82) is 0 Å². The molecule has 6 heteroatoms. The third-order valence-corrected chi connectivity index (χ3v) is 2.82. The predicted molar refractivity (Wildman–Crippen MR) is 68.8 cm³/mol. The van der Waals surface area contributed by atoms with Gasteiger partial charge >= 0.3 is 5.97 Å². The lowest BCUT2D eigenvalue weighted by Crippen LogP contribution is -2.32. The summed E-state index contributed by atoms with van der Waals surface area (Å²) in [6.45, 7) is 2.87. The Labute approximate surface area is 116 Å². The molecule has 0 unspecified atom stereocenters. The fraction of sp³-hybridized carbons (Fsp3) is 0.357. The maximum atomic E-state index is 11.9. The number of nitrogens with zero attached hydrogens (tertiary/aromatic N) is 1. The second kappa shape index (κ2) is 6.29. The molecule has 106 valence electrons. The minimum absolute atomic E-state index is 0.0907. The van der Waals surface area contributed by atoms with Gasteiger partial charge in [-0.15, -0.1) is 0 Å². The van der Waals surface area contributed by atoms with E-state index in [1.165, 1.54) is 12.1 Å². The van der Waals surface area contributed by atoms with Crippen molar-refractivity contribution in [2.45, 2.75) is 19.8 Å². The van der Waals surface area contributed by atoms with E-state index in [9.17, 15) is 14.4 Å². The highest BCUT2D eigenvalue weighted by molar-refractivity contribution is 6.20. The molecule has 0 fully saturated rings. The summed E-state index contributed by atoms with van der Waals surface area (Å²) in [7, 11) is 0. The van der Waals surface area contributed by atoms with Crippen LogP contribution in [-0.2, 0) is 14.4 Å². The van der Waals surface area contributed by atoms with Gasteiger partial charge in [-0.1, -0.05) is 17.2 Å². The molecule has 0 aromatic heterocycles. The van der Waals surface area contributed by atoms with Crippen LogP contribution in [0.5, 0.6) is 0 Å². The van der Waals surface area contributed by atoms with Gasteiger partial charge in [0.05, 0.1) is 17.5 Å². The van der Waals surface area contributed by atoms with Crippen LogP contribution in [-0.4, -0.2) is 36.1 Å². The molecule has 0 bridgehead atoms. The van der Waals surface area contributed by atoms with Crippen LogP contribution >= 0.6 is 0 Å². The molecule has 1 aromatic rings. The maximum absolute atomic E-state index is 11.9. The molecule has 1 aromatic carbocycles. The van der Waals surface area contributed by atoms with Gasteiger partial charge in [-0.3, -0.25) is 9.59 Å². The molecule has 0 aliphatic carbocycles. The highest BCUT2D eigenvalue weighted by Crippen LogP contribution is 2.22. The van der Waals surface area contributed by atoms with Crippen LogP contribution in [0.15, 0.2) is 24.3 Å². The van der Waals surface area contributed by atoms with E-state index in [4.69, 9.17) is 9.57 Å². The highest BCUT2D eigenvalue weighted by atomic mass is 16.7. The second-order valence-corrected chi connectivity index (χ2v) is 4.21. The lowest BCUT2D eigenvalue weighted by Gasteiger charge is -2.12. The largest absolute Gasteiger partial charge is 0.382 e. The number of benzene rings is 1. The Morgan fingerprint density at radius 2 is 1.75 bits per heavy atom. The number of carbonyl (C=O) groups is 3. The first-order valence-corrected chi connectivity index (χ1v) is 6.41. The van der Waals surface area contributed by atoms with Gasteiger partial charge in [0.2, 0.25) is 0 Å². The molecule has 1 heterocycles. The number of hydroxylamine groups is 2. The molecule has 1 aliphatic rings. The fourth-order valence-corrected chi connectivity index (χ4v) is 1.86. The lowest BCUT2D eigenvalue weighted by atomic mass is 10.1. The summed E-state index contributed by atoms with van der Waals surface area (Å²) in [5.74, 6) is -1.84. The normalized spacial score (nSPS) is 13.6. The zero-order valence-corrected chi connectivity index (χ0v) is 11.1. The third-order valence-electron chi connectivity index (χ3n) is 2.82. The molecule has 1 aliphatic heterocycles. The second-order valence-electron chi connectivity index (χ2n) is 4.21. The van der Waals surface area contributed by atoms with Crippen LogP contribution in [0, 0.1) is 0 Å². The van der Waals surface area contributed by atoms with Crippen LogP contribution in [0.3, 0.4) is 0 Å². The number of fused-ring (bicyclic) bond motifs is 1. The van der Waals surface area contributed by atoms with Gasteiger partial charge in [-0.25, -0.2) is 4.79 Å². The van der Waals surface area contributed by atoms with Gasteiger partial charge in [0.25, 0.3) is 11.8 Å². The number of imide groups is 1. The van der Waals surface area contributed by atoms with E-state index in [0.717, 1.165) is 0 Å². The average molecular weight is 277 g/mol. The first-order chi connectivity index (χ1) is 9.65. The SMILES string of the molecule is CCOCCCC(=O)ON1C(=O)c2ccccc2C1=O. The molecule has 6 nitrogen and oxygen atoms in total. The Morgan fingerprint density at radius 3 is 2.30 bits per heavy atom. The van der Waals surface area contributed by atoms with Crippen LogP contribution in [0.1, 0.15) is 40.5 Å². The lowest BCUT2D eigenvalue weighted by molar-refractivity contribution is -0.168. The molecule has 20 heavy (non-hydrogen) atoms. The van der Waals surface area contributed by atoms with Crippen LogP contribution < -0.4 is 0 Å². The number of hydrogen-bond acceptors (Lipinski definition) is 5. The zero-order valence-electron chi connectivity index (χ0n) is 11.1. The van der Waals surface area contributed by atoms with E-state index in [0.29, 0.717) is 24.7 Å². The smallest absolute Gasteiger partial charge is 0.333 e. The molecule has 0 N–H and O–H groups in total. The number of rotatable bonds is 6. The predicted octanol–water partition coefficient (Wildman–Crippen LogP) is 1.56. The Hall–Kier alpha value is -2.21. The van der Waals surface area contributed by atoms with Gasteiger partial charge in [0, 0.05) is 13.2 Å². The van der Waals surface area contributed by atoms with E-state index in [-0.39, 0.29) is 17.5 Å². The van der Waals surface area contributed by atoms with Crippen molar-refractivity contribution in [3.63, 3.8) is 0 Å². The molecule has 0 radical (unpaired) electrons. The minimum atomic E-state index is -0.626. The Bertz CT molecular complexity index is 505. The molecule has 2 rings (SSSR count). The topological polar surface area (TPSA) is 72.9 Å². The summed E-state index contributed by atoms with van der Waals surface area (Å²) in [4.78, 5) is 40.3. The molecule has 0 spiro atoms. The number of carbonyl (C=O) groups excluding carboxylic acids is 3. The van der Waals surface area contributed by atoms with Gasteiger partial charge in [0.1, 0.15) is 0 Å². The summed E-state index contributed by atoms with van der Waals surface area (Å²) in [6, 6.07) is 6.35.